The topological polar surface area (TPSA) is 0 Å². The molecule has 0 aliphatic rings. The van der Waals surface area contributed by atoms with Crippen LogP contribution in [-0.2, 0) is 0 Å². The SMILES string of the molecule is CCCCCC/C(=C/C=C(/CCCCCC)Sc1ccccc1)Sc1ccccc1. The normalized spacial score (nSPS) is 12.3. The first-order valence-electron chi connectivity index (χ1n) is 11.7. The van der Waals surface area contributed by atoms with Crippen LogP contribution in [0.25, 0.3) is 0 Å². The molecule has 0 amide bonds. The summed E-state index contributed by atoms with van der Waals surface area (Å²) in [6.45, 7) is 4.56. The number of unbranched alkanes of at least 4 members (excludes halogenated alkanes) is 6. The molecule has 0 saturated heterocycles. The fourth-order valence-corrected chi connectivity index (χ4v) is 5.21. The van der Waals surface area contributed by atoms with Crippen LogP contribution in [0.15, 0.2) is 92.4 Å². The number of benzene rings is 2. The maximum atomic E-state index is 2.40. The molecule has 0 bridgehead atoms. The highest BCUT2D eigenvalue weighted by atomic mass is 32.2. The average Bonchev–Trinajstić information content (AvgIpc) is 2.78. The van der Waals surface area contributed by atoms with E-state index in [0.717, 1.165) is 0 Å². The Morgan fingerprint density at radius 2 is 0.967 bits per heavy atom. The van der Waals surface area contributed by atoms with Gasteiger partial charge in [0.15, 0.2) is 0 Å². The van der Waals surface area contributed by atoms with Crippen molar-refractivity contribution < 1.29 is 0 Å². The van der Waals surface area contributed by atoms with Crippen LogP contribution in [0.2, 0.25) is 0 Å². The lowest BCUT2D eigenvalue weighted by atomic mass is 10.1. The Balaban J connectivity index is 2.11. The second-order valence-electron chi connectivity index (χ2n) is 7.72. The first-order valence-corrected chi connectivity index (χ1v) is 13.3. The summed E-state index contributed by atoms with van der Waals surface area (Å²) >= 11 is 3.87. The van der Waals surface area contributed by atoms with Gasteiger partial charge in [0.25, 0.3) is 0 Å². The summed E-state index contributed by atoms with van der Waals surface area (Å²) in [5.41, 5.74) is 0. The summed E-state index contributed by atoms with van der Waals surface area (Å²) in [4.78, 5) is 5.65. The van der Waals surface area contributed by atoms with Crippen molar-refractivity contribution in [3.05, 3.63) is 82.6 Å². The van der Waals surface area contributed by atoms with Crippen LogP contribution in [0.5, 0.6) is 0 Å². The van der Waals surface area contributed by atoms with Crippen molar-refractivity contribution in [3.63, 3.8) is 0 Å². The first kappa shape index (κ1) is 24.9. The number of rotatable bonds is 15. The van der Waals surface area contributed by atoms with Crippen molar-refractivity contribution in [1.29, 1.82) is 0 Å². The Labute approximate surface area is 193 Å². The van der Waals surface area contributed by atoms with Gasteiger partial charge < -0.3 is 0 Å². The van der Waals surface area contributed by atoms with Gasteiger partial charge in [0.1, 0.15) is 0 Å². The van der Waals surface area contributed by atoms with E-state index in [-0.39, 0.29) is 0 Å². The average molecular weight is 439 g/mol. The minimum Gasteiger partial charge on any atom is -0.0946 e. The maximum Gasteiger partial charge on any atom is 0.0119 e. The summed E-state index contributed by atoms with van der Waals surface area (Å²) in [5.74, 6) is 0. The predicted octanol–water partition coefficient (Wildman–Crippen LogP) is 10.3. The quantitative estimate of drug-likeness (QED) is 0.154. The Morgan fingerprint density at radius 1 is 0.567 bits per heavy atom. The molecule has 0 aromatic heterocycles. The summed E-state index contributed by atoms with van der Waals surface area (Å²) in [5, 5.41) is 0. The zero-order chi connectivity index (χ0) is 21.3. The molecule has 0 radical (unpaired) electrons. The molecule has 0 atom stereocenters. The third kappa shape index (κ3) is 11.1. The number of thioether (sulfide) groups is 2. The Kier molecular flexibility index (Phi) is 13.5. The van der Waals surface area contributed by atoms with Crippen LogP contribution in [0, 0.1) is 0 Å². The van der Waals surface area contributed by atoms with E-state index >= 15 is 0 Å². The van der Waals surface area contributed by atoms with Gasteiger partial charge in [-0.1, -0.05) is 124 Å². The molecule has 162 valence electrons. The molecule has 0 aliphatic carbocycles. The van der Waals surface area contributed by atoms with E-state index in [1.807, 2.05) is 23.5 Å². The molecule has 0 nitrogen and oxygen atoms in total. The Bertz CT molecular complexity index is 666. The fraction of sp³-hybridized carbons (Fsp3) is 0.429. The van der Waals surface area contributed by atoms with E-state index in [4.69, 9.17) is 0 Å². The summed E-state index contributed by atoms with van der Waals surface area (Å²) in [6, 6.07) is 21.6. The van der Waals surface area contributed by atoms with Gasteiger partial charge >= 0.3 is 0 Å². The van der Waals surface area contributed by atoms with Crippen molar-refractivity contribution in [1.82, 2.24) is 0 Å². The van der Waals surface area contributed by atoms with Gasteiger partial charge in [0, 0.05) is 9.79 Å². The standard InChI is InChI=1S/C28H38S2/c1-3-5-7-11-21-27(29-25-17-13-9-14-18-25)23-24-28(22-12-8-6-4-2)30-26-19-15-10-16-20-26/h9-10,13-20,23-24H,3-8,11-12,21-22H2,1-2H3/b27-23-,28-24-. The molecule has 2 heteroatoms. The third-order valence-electron chi connectivity index (χ3n) is 4.99. The van der Waals surface area contributed by atoms with Crippen molar-refractivity contribution in [2.45, 2.75) is 87.8 Å². The van der Waals surface area contributed by atoms with Crippen LogP contribution >= 0.6 is 23.5 Å². The summed E-state index contributed by atoms with van der Waals surface area (Å²) < 4.78 is 0. The van der Waals surface area contributed by atoms with Crippen LogP contribution in [0.1, 0.15) is 78.1 Å². The van der Waals surface area contributed by atoms with E-state index in [9.17, 15) is 0 Å². The van der Waals surface area contributed by atoms with E-state index in [1.165, 1.54) is 83.8 Å². The van der Waals surface area contributed by atoms with Gasteiger partial charge in [-0.3, -0.25) is 0 Å². The smallest absolute Gasteiger partial charge is 0.0119 e. The third-order valence-corrected chi connectivity index (χ3v) is 7.21. The van der Waals surface area contributed by atoms with Gasteiger partial charge in [-0.25, -0.2) is 0 Å². The van der Waals surface area contributed by atoms with E-state index in [1.54, 1.807) is 0 Å². The number of hydrogen-bond acceptors (Lipinski definition) is 2. The van der Waals surface area contributed by atoms with Crippen LogP contribution in [0.3, 0.4) is 0 Å². The van der Waals surface area contributed by atoms with Crippen molar-refractivity contribution in [2.75, 3.05) is 0 Å². The molecule has 30 heavy (non-hydrogen) atoms. The van der Waals surface area contributed by atoms with Crippen LogP contribution in [0.4, 0.5) is 0 Å². The molecule has 0 N–H and O–H groups in total. The van der Waals surface area contributed by atoms with E-state index in [0.29, 0.717) is 0 Å². The molecule has 0 heterocycles. The summed E-state index contributed by atoms with van der Waals surface area (Å²) in [7, 11) is 0. The lowest BCUT2D eigenvalue weighted by molar-refractivity contribution is 0.671. The van der Waals surface area contributed by atoms with Crippen molar-refractivity contribution in [2.24, 2.45) is 0 Å². The van der Waals surface area contributed by atoms with Crippen molar-refractivity contribution >= 4 is 23.5 Å². The Hall–Kier alpha value is -1.38. The lowest BCUT2D eigenvalue weighted by Crippen LogP contribution is -1.84. The summed E-state index contributed by atoms with van der Waals surface area (Å²) in [6.07, 6.45) is 17.6. The van der Waals surface area contributed by atoms with Crippen LogP contribution in [-0.4, -0.2) is 0 Å². The zero-order valence-electron chi connectivity index (χ0n) is 18.8. The maximum absolute atomic E-state index is 2.40. The van der Waals surface area contributed by atoms with Gasteiger partial charge in [-0.05, 0) is 59.8 Å². The molecule has 0 aliphatic heterocycles. The molecule has 2 aromatic carbocycles. The molecule has 0 unspecified atom stereocenters. The molecular weight excluding hydrogens is 400 g/mol. The van der Waals surface area contributed by atoms with E-state index in [2.05, 4.69) is 86.7 Å². The number of allylic oxidation sites excluding steroid dienone is 4. The largest absolute Gasteiger partial charge is 0.0946 e. The van der Waals surface area contributed by atoms with Gasteiger partial charge in [-0.15, -0.1) is 0 Å². The molecule has 2 rings (SSSR count). The highest BCUT2D eigenvalue weighted by molar-refractivity contribution is 8.03. The van der Waals surface area contributed by atoms with Crippen LogP contribution < -0.4 is 0 Å². The molecule has 0 spiro atoms. The monoisotopic (exact) mass is 438 g/mol. The van der Waals surface area contributed by atoms with Gasteiger partial charge in [0.2, 0.25) is 0 Å². The number of hydrogen-bond donors (Lipinski definition) is 0. The van der Waals surface area contributed by atoms with Crippen molar-refractivity contribution in [3.8, 4) is 0 Å². The molecule has 0 saturated carbocycles. The fourth-order valence-electron chi connectivity index (χ4n) is 3.25. The Morgan fingerprint density at radius 3 is 1.33 bits per heavy atom. The van der Waals surface area contributed by atoms with E-state index < -0.39 is 0 Å². The second kappa shape index (κ2) is 16.3. The molecular formula is C28H38S2. The van der Waals surface area contributed by atoms with Gasteiger partial charge in [-0.2, -0.15) is 0 Å². The highest BCUT2D eigenvalue weighted by Gasteiger charge is 2.04. The zero-order valence-corrected chi connectivity index (χ0v) is 20.4. The minimum absolute atomic E-state index is 1.18. The first-order chi connectivity index (χ1) is 14.8. The second-order valence-corrected chi connectivity index (χ2v) is 10.1. The predicted molar refractivity (Wildman–Crippen MR) is 138 cm³/mol. The highest BCUT2D eigenvalue weighted by Crippen LogP contribution is 2.33. The molecule has 2 aromatic rings. The minimum atomic E-state index is 1.18. The lowest BCUT2D eigenvalue weighted by Gasteiger charge is -2.09. The molecule has 0 fully saturated rings. The van der Waals surface area contributed by atoms with Gasteiger partial charge in [0.05, 0.1) is 0 Å².